The summed E-state index contributed by atoms with van der Waals surface area (Å²) in [7, 11) is 1.56. The molecule has 154 valence electrons. The third-order valence-electron chi connectivity index (χ3n) is 5.61. The van der Waals surface area contributed by atoms with Crippen molar-refractivity contribution in [2.75, 3.05) is 20.3 Å². The molecule has 1 aromatic rings. The quantitative estimate of drug-likeness (QED) is 0.630. The van der Waals surface area contributed by atoms with Gasteiger partial charge in [-0.1, -0.05) is 18.9 Å². The summed E-state index contributed by atoms with van der Waals surface area (Å²) in [5.74, 6) is 1.58. The minimum absolute atomic E-state index is 0.0596. The topological polar surface area (TPSA) is 88.7 Å². The highest BCUT2D eigenvalue weighted by Gasteiger charge is 2.37. The maximum Gasteiger partial charge on any atom is 0.257 e. The number of nitrogens with one attached hydrogen (secondary N) is 3. The predicted octanol–water partition coefficient (Wildman–Crippen LogP) is 1.75. The molecule has 2 aliphatic rings. The van der Waals surface area contributed by atoms with E-state index in [0.29, 0.717) is 36.5 Å². The molecule has 1 aliphatic carbocycles. The molecule has 2 amide bonds. The number of hydrogen-bond acceptors (Lipinski definition) is 5. The highest BCUT2D eigenvalue weighted by Crippen LogP contribution is 2.33. The molecular weight excluding hydrogens is 358 g/mol. The maximum absolute atomic E-state index is 12.5. The van der Waals surface area contributed by atoms with Crippen LogP contribution in [0.1, 0.15) is 44.6 Å². The van der Waals surface area contributed by atoms with Crippen LogP contribution in [0.4, 0.5) is 0 Å². The first-order chi connectivity index (χ1) is 13.6. The van der Waals surface area contributed by atoms with Gasteiger partial charge in [-0.2, -0.15) is 0 Å². The molecule has 7 nitrogen and oxygen atoms in total. The van der Waals surface area contributed by atoms with Gasteiger partial charge in [-0.25, -0.2) is 0 Å². The number of benzene rings is 1. The lowest BCUT2D eigenvalue weighted by Crippen LogP contribution is -2.42. The first-order valence-corrected chi connectivity index (χ1v) is 10.2. The molecule has 1 heterocycles. The van der Waals surface area contributed by atoms with Crippen molar-refractivity contribution >= 4 is 11.8 Å². The lowest BCUT2D eigenvalue weighted by molar-refractivity contribution is -0.123. The zero-order chi connectivity index (χ0) is 19.9. The van der Waals surface area contributed by atoms with E-state index < -0.39 is 0 Å². The van der Waals surface area contributed by atoms with E-state index in [1.165, 1.54) is 25.7 Å². The van der Waals surface area contributed by atoms with Crippen LogP contribution in [0, 0.1) is 5.92 Å². The second-order valence-corrected chi connectivity index (χ2v) is 7.55. The molecule has 0 radical (unpaired) electrons. The molecule has 1 aliphatic heterocycles. The Balaban J connectivity index is 1.51. The number of carbonyl (C=O) groups is 2. The van der Waals surface area contributed by atoms with Gasteiger partial charge in [0, 0.05) is 19.1 Å². The molecule has 1 saturated carbocycles. The minimum atomic E-state index is -0.175. The fraction of sp³-hybridized carbons (Fsp3) is 0.619. The van der Waals surface area contributed by atoms with Crippen molar-refractivity contribution in [3.63, 3.8) is 0 Å². The van der Waals surface area contributed by atoms with Gasteiger partial charge in [-0.05, 0) is 49.8 Å². The fourth-order valence-electron chi connectivity index (χ4n) is 4.17. The molecule has 0 bridgehead atoms. The Morgan fingerprint density at radius 2 is 2.00 bits per heavy atom. The molecule has 1 saturated heterocycles. The number of fused-ring (bicyclic) bond motifs is 1. The van der Waals surface area contributed by atoms with Gasteiger partial charge in [0.05, 0.1) is 13.2 Å². The zero-order valence-corrected chi connectivity index (χ0v) is 16.8. The number of hydrogen-bond donors (Lipinski definition) is 3. The fourth-order valence-corrected chi connectivity index (χ4v) is 4.17. The van der Waals surface area contributed by atoms with E-state index in [1.807, 2.05) is 19.1 Å². The summed E-state index contributed by atoms with van der Waals surface area (Å²) in [5.41, 5.74) is 0.922. The van der Waals surface area contributed by atoms with E-state index in [9.17, 15) is 9.59 Å². The van der Waals surface area contributed by atoms with Gasteiger partial charge in [-0.15, -0.1) is 0 Å². The Hall–Kier alpha value is -2.28. The SMILES string of the molecule is CCNC(=O)COc1ccc(CNC(=O)C2CC3CCCCC3N2)cc1OC. The number of ether oxygens (including phenoxy) is 2. The van der Waals surface area contributed by atoms with E-state index in [-0.39, 0.29) is 24.5 Å². The lowest BCUT2D eigenvalue weighted by Gasteiger charge is -2.24. The van der Waals surface area contributed by atoms with Crippen molar-refractivity contribution in [2.24, 2.45) is 5.92 Å². The van der Waals surface area contributed by atoms with Crippen molar-refractivity contribution in [2.45, 2.75) is 57.7 Å². The summed E-state index contributed by atoms with van der Waals surface area (Å²) in [5, 5.41) is 9.21. The molecule has 2 fully saturated rings. The van der Waals surface area contributed by atoms with Gasteiger partial charge in [-0.3, -0.25) is 9.59 Å². The Morgan fingerprint density at radius 3 is 2.75 bits per heavy atom. The number of carbonyl (C=O) groups excluding carboxylic acids is 2. The number of amides is 2. The molecule has 3 N–H and O–H groups in total. The van der Waals surface area contributed by atoms with Gasteiger partial charge in [0.25, 0.3) is 5.91 Å². The Bertz CT molecular complexity index is 680. The van der Waals surface area contributed by atoms with Crippen molar-refractivity contribution in [3.8, 4) is 11.5 Å². The third kappa shape index (κ3) is 5.16. The number of likely N-dealkylation sites (N-methyl/N-ethyl adjacent to an activating group) is 1. The molecule has 28 heavy (non-hydrogen) atoms. The van der Waals surface area contributed by atoms with Crippen molar-refractivity contribution < 1.29 is 19.1 Å². The van der Waals surface area contributed by atoms with E-state index in [2.05, 4.69) is 16.0 Å². The van der Waals surface area contributed by atoms with Crippen LogP contribution in [0.15, 0.2) is 18.2 Å². The molecular formula is C21H31N3O4. The first-order valence-electron chi connectivity index (χ1n) is 10.2. The summed E-state index contributed by atoms with van der Waals surface area (Å²) >= 11 is 0. The van der Waals surface area contributed by atoms with Crippen LogP contribution < -0.4 is 25.4 Å². The van der Waals surface area contributed by atoms with Crippen LogP contribution in [0.25, 0.3) is 0 Å². The molecule has 3 unspecified atom stereocenters. The molecule has 3 rings (SSSR count). The summed E-state index contributed by atoms with van der Waals surface area (Å²) < 4.78 is 10.9. The van der Waals surface area contributed by atoms with Crippen LogP contribution in [0.2, 0.25) is 0 Å². The molecule has 0 spiro atoms. The van der Waals surface area contributed by atoms with Gasteiger partial charge in [0.15, 0.2) is 18.1 Å². The standard InChI is InChI=1S/C21H31N3O4/c1-3-22-20(25)13-28-18-9-8-14(10-19(18)27-2)12-23-21(26)17-11-15-6-4-5-7-16(15)24-17/h8-10,15-17,24H,3-7,11-13H2,1-2H3,(H,22,25)(H,23,26). The monoisotopic (exact) mass is 389 g/mol. The van der Waals surface area contributed by atoms with E-state index in [4.69, 9.17) is 9.47 Å². The normalized spacial score (nSPS) is 23.6. The van der Waals surface area contributed by atoms with Crippen LogP contribution >= 0.6 is 0 Å². The van der Waals surface area contributed by atoms with Crippen molar-refractivity contribution in [1.82, 2.24) is 16.0 Å². The Morgan fingerprint density at radius 1 is 1.18 bits per heavy atom. The van der Waals surface area contributed by atoms with E-state index in [1.54, 1.807) is 13.2 Å². The number of rotatable bonds is 8. The summed E-state index contributed by atoms with van der Waals surface area (Å²) in [4.78, 5) is 24.1. The second-order valence-electron chi connectivity index (χ2n) is 7.55. The molecule has 1 aromatic carbocycles. The van der Waals surface area contributed by atoms with E-state index in [0.717, 1.165) is 12.0 Å². The molecule has 3 atom stereocenters. The smallest absolute Gasteiger partial charge is 0.257 e. The summed E-state index contributed by atoms with van der Waals surface area (Å²) in [6, 6.07) is 5.88. The van der Waals surface area contributed by atoms with Crippen LogP contribution in [-0.4, -0.2) is 44.2 Å². The van der Waals surface area contributed by atoms with Gasteiger partial charge in [0.1, 0.15) is 0 Å². The van der Waals surface area contributed by atoms with Gasteiger partial charge >= 0.3 is 0 Å². The highest BCUT2D eigenvalue weighted by molar-refractivity contribution is 5.82. The predicted molar refractivity (Wildman–Crippen MR) is 106 cm³/mol. The van der Waals surface area contributed by atoms with Crippen LogP contribution in [-0.2, 0) is 16.1 Å². The number of methoxy groups -OCH3 is 1. The Kier molecular flexibility index (Phi) is 7.14. The van der Waals surface area contributed by atoms with Crippen LogP contribution in [0.3, 0.4) is 0 Å². The van der Waals surface area contributed by atoms with Gasteiger partial charge in [0.2, 0.25) is 5.91 Å². The summed E-state index contributed by atoms with van der Waals surface area (Å²) in [6.45, 7) is 2.79. The Labute approximate surface area is 166 Å². The molecule has 7 heteroatoms. The highest BCUT2D eigenvalue weighted by atomic mass is 16.5. The van der Waals surface area contributed by atoms with Crippen molar-refractivity contribution in [3.05, 3.63) is 23.8 Å². The maximum atomic E-state index is 12.5. The average molecular weight is 389 g/mol. The van der Waals surface area contributed by atoms with E-state index >= 15 is 0 Å². The average Bonchev–Trinajstić information content (AvgIpc) is 3.15. The van der Waals surface area contributed by atoms with Gasteiger partial charge < -0.3 is 25.4 Å². The largest absolute Gasteiger partial charge is 0.493 e. The van der Waals surface area contributed by atoms with Crippen molar-refractivity contribution in [1.29, 1.82) is 0 Å². The minimum Gasteiger partial charge on any atom is -0.493 e. The third-order valence-corrected chi connectivity index (χ3v) is 5.61. The molecule has 0 aromatic heterocycles. The first kappa shape index (κ1) is 20.5. The van der Waals surface area contributed by atoms with Crippen LogP contribution in [0.5, 0.6) is 11.5 Å². The zero-order valence-electron chi connectivity index (χ0n) is 16.8. The second kappa shape index (κ2) is 9.78. The summed E-state index contributed by atoms with van der Waals surface area (Å²) in [6.07, 6.45) is 5.90. The lowest BCUT2D eigenvalue weighted by atomic mass is 9.85.